The van der Waals surface area contributed by atoms with Crippen LogP contribution >= 0.6 is 0 Å². The van der Waals surface area contributed by atoms with Crippen molar-refractivity contribution in [3.63, 3.8) is 0 Å². The first-order valence-electron chi connectivity index (χ1n) is 5.63. The summed E-state index contributed by atoms with van der Waals surface area (Å²) >= 11 is 0. The molecule has 92 valence electrons. The number of carbonyl (C=O) groups excluding carboxylic acids is 1. The maximum absolute atomic E-state index is 11.2. The van der Waals surface area contributed by atoms with Crippen molar-refractivity contribution in [3.8, 4) is 0 Å². The highest BCUT2D eigenvalue weighted by Crippen LogP contribution is 2.21. The van der Waals surface area contributed by atoms with Gasteiger partial charge in [0, 0.05) is 31.5 Å². The van der Waals surface area contributed by atoms with Crippen LogP contribution in [0.5, 0.6) is 0 Å². The number of nitrogens with zero attached hydrogens (tertiary/aromatic N) is 3. The minimum atomic E-state index is -0.423. The second kappa shape index (κ2) is 5.09. The molecule has 1 atom stereocenters. The molecule has 0 amide bonds. The number of carbonyl (C=O) groups is 1. The maximum atomic E-state index is 11.2. The van der Waals surface area contributed by atoms with Gasteiger partial charge in [0.2, 0.25) is 5.95 Å². The first-order valence-corrected chi connectivity index (χ1v) is 5.63. The van der Waals surface area contributed by atoms with Gasteiger partial charge in [-0.1, -0.05) is 0 Å². The molecule has 6 heteroatoms. The Morgan fingerprint density at radius 2 is 2.29 bits per heavy atom. The van der Waals surface area contributed by atoms with Crippen molar-refractivity contribution < 1.29 is 9.53 Å². The largest absolute Gasteiger partial charge is 0.465 e. The highest BCUT2D eigenvalue weighted by atomic mass is 16.5. The summed E-state index contributed by atoms with van der Waals surface area (Å²) in [6, 6.07) is 0.305. The minimum absolute atomic E-state index is 0.305. The lowest BCUT2D eigenvalue weighted by molar-refractivity contribution is 0.0600. The van der Waals surface area contributed by atoms with Gasteiger partial charge in [-0.3, -0.25) is 0 Å². The number of rotatable bonds is 3. The van der Waals surface area contributed by atoms with E-state index in [9.17, 15) is 4.79 Å². The van der Waals surface area contributed by atoms with Gasteiger partial charge in [-0.15, -0.1) is 0 Å². The van der Waals surface area contributed by atoms with Crippen LogP contribution in [-0.2, 0) is 4.74 Å². The van der Waals surface area contributed by atoms with E-state index in [1.54, 1.807) is 0 Å². The molecule has 0 aliphatic carbocycles. The summed E-state index contributed by atoms with van der Waals surface area (Å²) in [7, 11) is 1.33. The summed E-state index contributed by atoms with van der Waals surface area (Å²) in [5.41, 5.74) is 6.05. The number of hydrogen-bond acceptors (Lipinski definition) is 6. The zero-order valence-electron chi connectivity index (χ0n) is 9.80. The molecule has 0 bridgehead atoms. The number of esters is 1. The lowest BCUT2D eigenvalue weighted by Crippen LogP contribution is -2.36. The molecular weight excluding hydrogens is 220 g/mol. The van der Waals surface area contributed by atoms with E-state index in [-0.39, 0.29) is 0 Å². The predicted octanol–water partition coefficient (Wildman–Crippen LogP) is 0.191. The van der Waals surface area contributed by atoms with Crippen molar-refractivity contribution in [2.75, 3.05) is 25.1 Å². The number of hydrogen-bond donors (Lipinski definition) is 1. The van der Waals surface area contributed by atoms with Gasteiger partial charge >= 0.3 is 5.97 Å². The Morgan fingerprint density at radius 3 is 2.88 bits per heavy atom. The lowest BCUT2D eigenvalue weighted by Gasteiger charge is -2.22. The van der Waals surface area contributed by atoms with Gasteiger partial charge in [-0.2, -0.15) is 0 Å². The van der Waals surface area contributed by atoms with Gasteiger partial charge in [-0.25, -0.2) is 14.8 Å². The van der Waals surface area contributed by atoms with Gasteiger partial charge in [0.1, 0.15) is 0 Å². The highest BCUT2D eigenvalue weighted by Gasteiger charge is 2.25. The number of nitrogens with two attached hydrogens (primary N) is 1. The molecule has 2 rings (SSSR count). The summed E-state index contributed by atoms with van der Waals surface area (Å²) in [5.74, 6) is 0.207. The third kappa shape index (κ3) is 2.36. The zero-order chi connectivity index (χ0) is 12.3. The van der Waals surface area contributed by atoms with E-state index in [1.807, 2.05) is 0 Å². The second-order valence-corrected chi connectivity index (χ2v) is 3.99. The SMILES string of the molecule is COC(=O)c1cnc(N2CCCC2CN)nc1. The molecule has 1 aliphatic rings. The van der Waals surface area contributed by atoms with Crippen molar-refractivity contribution in [1.29, 1.82) is 0 Å². The molecule has 0 radical (unpaired) electrons. The Bertz CT molecular complexity index is 393. The summed E-state index contributed by atoms with van der Waals surface area (Å²) in [6.07, 6.45) is 5.14. The van der Waals surface area contributed by atoms with Crippen LogP contribution in [0.25, 0.3) is 0 Å². The fourth-order valence-corrected chi connectivity index (χ4v) is 2.04. The predicted molar refractivity (Wildman–Crippen MR) is 62.8 cm³/mol. The average Bonchev–Trinajstić information content (AvgIpc) is 2.86. The smallest absolute Gasteiger partial charge is 0.341 e. The quantitative estimate of drug-likeness (QED) is 0.754. The molecule has 17 heavy (non-hydrogen) atoms. The molecule has 1 aromatic heterocycles. The first-order chi connectivity index (χ1) is 8.26. The standard InChI is InChI=1S/C11H16N4O2/c1-17-10(16)8-6-13-11(14-7-8)15-4-2-3-9(15)5-12/h6-7,9H,2-5,12H2,1H3. The van der Waals surface area contributed by atoms with Crippen LogP contribution in [-0.4, -0.2) is 42.2 Å². The Balaban J connectivity index is 2.15. The molecule has 0 saturated carbocycles. The van der Waals surface area contributed by atoms with E-state index >= 15 is 0 Å². The topological polar surface area (TPSA) is 81.3 Å². The molecule has 2 N–H and O–H groups in total. The molecule has 1 unspecified atom stereocenters. The van der Waals surface area contributed by atoms with E-state index in [2.05, 4.69) is 19.6 Å². The van der Waals surface area contributed by atoms with Crippen LogP contribution in [0.15, 0.2) is 12.4 Å². The van der Waals surface area contributed by atoms with Crippen LogP contribution in [0, 0.1) is 0 Å². The van der Waals surface area contributed by atoms with Gasteiger partial charge in [-0.05, 0) is 12.8 Å². The summed E-state index contributed by atoms with van der Waals surface area (Å²) in [5, 5.41) is 0. The van der Waals surface area contributed by atoms with Gasteiger partial charge in [0.25, 0.3) is 0 Å². The molecule has 0 spiro atoms. The van der Waals surface area contributed by atoms with E-state index in [1.165, 1.54) is 19.5 Å². The van der Waals surface area contributed by atoms with Crippen LogP contribution in [0.4, 0.5) is 5.95 Å². The first kappa shape index (κ1) is 11.8. The van der Waals surface area contributed by atoms with Crippen LogP contribution < -0.4 is 10.6 Å². The Morgan fingerprint density at radius 1 is 1.59 bits per heavy atom. The maximum Gasteiger partial charge on any atom is 0.341 e. The molecule has 1 saturated heterocycles. The molecular formula is C11H16N4O2. The molecule has 1 fully saturated rings. The normalized spacial score (nSPS) is 19.4. The molecule has 2 heterocycles. The highest BCUT2D eigenvalue weighted by molar-refractivity contribution is 5.88. The lowest BCUT2D eigenvalue weighted by atomic mass is 10.2. The van der Waals surface area contributed by atoms with Gasteiger partial charge in [0.05, 0.1) is 12.7 Å². The molecule has 1 aliphatic heterocycles. The van der Waals surface area contributed by atoms with Crippen molar-refractivity contribution in [2.45, 2.75) is 18.9 Å². The number of ether oxygens (including phenoxy) is 1. The average molecular weight is 236 g/mol. The summed E-state index contributed by atoms with van der Waals surface area (Å²) < 4.78 is 4.59. The zero-order valence-corrected chi connectivity index (χ0v) is 9.80. The monoisotopic (exact) mass is 236 g/mol. The van der Waals surface area contributed by atoms with E-state index < -0.39 is 5.97 Å². The Kier molecular flexibility index (Phi) is 3.53. The van der Waals surface area contributed by atoms with E-state index in [0.717, 1.165) is 19.4 Å². The number of aromatic nitrogens is 2. The summed E-state index contributed by atoms with van der Waals surface area (Å²) in [6.45, 7) is 1.52. The van der Waals surface area contributed by atoms with Crippen molar-refractivity contribution in [2.24, 2.45) is 5.73 Å². The molecule has 0 aromatic carbocycles. The Labute approximate surface area is 99.8 Å². The van der Waals surface area contributed by atoms with Crippen molar-refractivity contribution in [3.05, 3.63) is 18.0 Å². The van der Waals surface area contributed by atoms with Crippen molar-refractivity contribution in [1.82, 2.24) is 9.97 Å². The minimum Gasteiger partial charge on any atom is -0.465 e. The fraction of sp³-hybridized carbons (Fsp3) is 0.545. The third-order valence-electron chi connectivity index (χ3n) is 2.97. The summed E-state index contributed by atoms with van der Waals surface area (Å²) in [4.78, 5) is 21.7. The molecule has 1 aromatic rings. The van der Waals surface area contributed by atoms with Crippen LogP contribution in [0.1, 0.15) is 23.2 Å². The van der Waals surface area contributed by atoms with Crippen LogP contribution in [0.2, 0.25) is 0 Å². The number of methoxy groups -OCH3 is 1. The van der Waals surface area contributed by atoms with Gasteiger partial charge < -0.3 is 15.4 Å². The van der Waals surface area contributed by atoms with E-state index in [0.29, 0.717) is 24.1 Å². The van der Waals surface area contributed by atoms with Gasteiger partial charge in [0.15, 0.2) is 0 Å². The second-order valence-electron chi connectivity index (χ2n) is 3.99. The van der Waals surface area contributed by atoms with Crippen LogP contribution in [0.3, 0.4) is 0 Å². The number of anilines is 1. The van der Waals surface area contributed by atoms with E-state index in [4.69, 9.17) is 5.73 Å². The molecule has 6 nitrogen and oxygen atoms in total. The fourth-order valence-electron chi connectivity index (χ4n) is 2.04. The third-order valence-corrected chi connectivity index (χ3v) is 2.97. The Hall–Kier alpha value is -1.69. The van der Waals surface area contributed by atoms with Crippen molar-refractivity contribution >= 4 is 11.9 Å².